The van der Waals surface area contributed by atoms with Gasteiger partial charge in [-0.15, -0.1) is 11.3 Å². The minimum atomic E-state index is 0.409. The predicted octanol–water partition coefficient (Wildman–Crippen LogP) is 2.65. The van der Waals surface area contributed by atoms with E-state index in [2.05, 4.69) is 20.1 Å². The summed E-state index contributed by atoms with van der Waals surface area (Å²) in [4.78, 5) is 13.6. The maximum Gasteiger partial charge on any atom is 0.173 e. The molecule has 0 aliphatic rings. The van der Waals surface area contributed by atoms with E-state index in [4.69, 9.17) is 11.6 Å². The molecule has 7 heteroatoms. The number of thiazole rings is 1. The first-order valence-electron chi connectivity index (χ1n) is 5.15. The summed E-state index contributed by atoms with van der Waals surface area (Å²) < 4.78 is 1.72. The molecule has 3 heterocycles. The molecule has 0 fully saturated rings. The van der Waals surface area contributed by atoms with Gasteiger partial charge in [0.25, 0.3) is 0 Å². The van der Waals surface area contributed by atoms with Gasteiger partial charge >= 0.3 is 0 Å². The molecule has 3 aromatic heterocycles. The molecule has 0 aliphatic heterocycles. The van der Waals surface area contributed by atoms with Crippen molar-refractivity contribution in [3.05, 3.63) is 35.3 Å². The Bertz CT molecular complexity index is 677. The Kier molecular flexibility index (Phi) is 2.81. The molecule has 0 atom stereocenters. The molecular formula is C11H8ClN5S. The first-order valence-corrected chi connectivity index (χ1v) is 6.40. The molecule has 0 radical (unpaired) electrons. The first kappa shape index (κ1) is 11.3. The van der Waals surface area contributed by atoms with E-state index in [9.17, 15) is 0 Å². The zero-order chi connectivity index (χ0) is 12.5. The summed E-state index contributed by atoms with van der Waals surface area (Å²) in [7, 11) is 1.86. The number of aromatic nitrogens is 5. The molecule has 0 amide bonds. The lowest BCUT2D eigenvalue weighted by Gasteiger charge is -2.01. The van der Waals surface area contributed by atoms with Gasteiger partial charge in [-0.3, -0.25) is 9.67 Å². The van der Waals surface area contributed by atoms with Crippen molar-refractivity contribution < 1.29 is 0 Å². The molecule has 90 valence electrons. The average molecular weight is 278 g/mol. The quantitative estimate of drug-likeness (QED) is 0.676. The highest BCUT2D eigenvalue weighted by molar-refractivity contribution is 7.13. The lowest BCUT2D eigenvalue weighted by atomic mass is 10.2. The highest BCUT2D eigenvalue weighted by Crippen LogP contribution is 2.25. The van der Waals surface area contributed by atoms with E-state index < -0.39 is 0 Å². The fourth-order valence-corrected chi connectivity index (χ4v) is 2.29. The summed E-state index contributed by atoms with van der Waals surface area (Å²) in [6.45, 7) is 0. The van der Waals surface area contributed by atoms with Crippen molar-refractivity contribution in [2.45, 2.75) is 0 Å². The third-order valence-electron chi connectivity index (χ3n) is 2.35. The van der Waals surface area contributed by atoms with Crippen molar-refractivity contribution in [1.82, 2.24) is 24.7 Å². The number of hydrogen-bond acceptors (Lipinski definition) is 5. The Morgan fingerprint density at radius 2 is 2.17 bits per heavy atom. The molecule has 3 rings (SSSR count). The first-order chi connectivity index (χ1) is 8.72. The van der Waals surface area contributed by atoms with Crippen molar-refractivity contribution in [3.8, 4) is 22.0 Å². The van der Waals surface area contributed by atoms with E-state index in [1.165, 1.54) is 11.3 Å². The molecule has 0 spiro atoms. The van der Waals surface area contributed by atoms with Crippen molar-refractivity contribution in [1.29, 1.82) is 0 Å². The Balaban J connectivity index is 2.11. The van der Waals surface area contributed by atoms with Gasteiger partial charge in [0.15, 0.2) is 5.82 Å². The normalized spacial score (nSPS) is 10.8. The minimum Gasteiger partial charge on any atom is -0.275 e. The van der Waals surface area contributed by atoms with Crippen LogP contribution in [0.1, 0.15) is 0 Å². The number of rotatable bonds is 2. The molecule has 3 aromatic rings. The van der Waals surface area contributed by atoms with E-state index >= 15 is 0 Å². The van der Waals surface area contributed by atoms with Crippen LogP contribution in [0.3, 0.4) is 0 Å². The molecule has 0 saturated heterocycles. The van der Waals surface area contributed by atoms with Crippen LogP contribution >= 0.6 is 22.9 Å². The van der Waals surface area contributed by atoms with Crippen LogP contribution in [0, 0.1) is 0 Å². The smallest absolute Gasteiger partial charge is 0.173 e. The lowest BCUT2D eigenvalue weighted by Crippen LogP contribution is -1.91. The summed E-state index contributed by atoms with van der Waals surface area (Å²) in [6.07, 6.45) is 5.35. The molecule has 18 heavy (non-hydrogen) atoms. The Morgan fingerprint density at radius 3 is 2.83 bits per heavy atom. The molecule has 0 aromatic carbocycles. The SMILES string of the molecule is Cn1cc(-c2cc(Cl)nc(-c3cncs3)n2)cn1. The molecule has 0 saturated carbocycles. The number of hydrogen-bond donors (Lipinski definition) is 0. The average Bonchev–Trinajstić information content (AvgIpc) is 2.98. The largest absolute Gasteiger partial charge is 0.275 e. The topological polar surface area (TPSA) is 56.5 Å². The number of aryl methyl sites for hydroxylation is 1. The van der Waals surface area contributed by atoms with Crippen molar-refractivity contribution in [2.75, 3.05) is 0 Å². The number of halogens is 1. The Hall–Kier alpha value is -1.79. The van der Waals surface area contributed by atoms with E-state index in [1.54, 1.807) is 28.7 Å². The highest BCUT2D eigenvalue weighted by atomic mass is 35.5. The van der Waals surface area contributed by atoms with Crippen molar-refractivity contribution >= 4 is 22.9 Å². The maximum absolute atomic E-state index is 6.03. The number of nitrogens with zero attached hydrogens (tertiary/aromatic N) is 5. The van der Waals surface area contributed by atoms with Crippen molar-refractivity contribution in [2.24, 2.45) is 7.05 Å². The molecule has 0 N–H and O–H groups in total. The molecule has 5 nitrogen and oxygen atoms in total. The zero-order valence-electron chi connectivity index (χ0n) is 9.41. The fourth-order valence-electron chi connectivity index (χ4n) is 1.56. The highest BCUT2D eigenvalue weighted by Gasteiger charge is 2.09. The lowest BCUT2D eigenvalue weighted by molar-refractivity contribution is 0.768. The van der Waals surface area contributed by atoms with Crippen LogP contribution in [0.5, 0.6) is 0 Å². The third kappa shape index (κ3) is 2.12. The molecule has 0 unspecified atom stereocenters. The predicted molar refractivity (Wildman–Crippen MR) is 70.4 cm³/mol. The van der Waals surface area contributed by atoms with Gasteiger partial charge < -0.3 is 0 Å². The van der Waals surface area contributed by atoms with Gasteiger partial charge in [-0.05, 0) is 0 Å². The Morgan fingerprint density at radius 1 is 1.28 bits per heavy atom. The zero-order valence-corrected chi connectivity index (χ0v) is 11.0. The summed E-state index contributed by atoms with van der Waals surface area (Å²) in [5.41, 5.74) is 3.41. The van der Waals surface area contributed by atoms with Gasteiger partial charge in [0.05, 0.1) is 22.3 Å². The van der Waals surface area contributed by atoms with Gasteiger partial charge in [-0.2, -0.15) is 5.10 Å². The van der Waals surface area contributed by atoms with Crippen LogP contribution in [0.2, 0.25) is 5.15 Å². The summed E-state index contributed by atoms with van der Waals surface area (Å²) >= 11 is 7.51. The molecular weight excluding hydrogens is 270 g/mol. The molecule has 0 aliphatic carbocycles. The summed E-state index contributed by atoms with van der Waals surface area (Å²) in [5, 5.41) is 4.53. The second kappa shape index (κ2) is 4.47. The fraction of sp³-hybridized carbons (Fsp3) is 0.0909. The van der Waals surface area contributed by atoms with Crippen molar-refractivity contribution in [3.63, 3.8) is 0 Å². The van der Waals surface area contributed by atoms with Gasteiger partial charge in [0.1, 0.15) is 5.15 Å². The second-order valence-electron chi connectivity index (χ2n) is 3.67. The van der Waals surface area contributed by atoms with Gasteiger partial charge in [0, 0.05) is 31.1 Å². The standard InChI is InChI=1S/C11H8ClN5S/c1-17-5-7(3-14-17)8-2-10(12)16-11(15-8)9-4-13-6-18-9/h2-6H,1H3. The van der Waals surface area contributed by atoms with Crippen LogP contribution < -0.4 is 0 Å². The third-order valence-corrected chi connectivity index (χ3v) is 3.31. The molecule has 0 bridgehead atoms. The van der Waals surface area contributed by atoms with Gasteiger partial charge in [-0.1, -0.05) is 11.6 Å². The minimum absolute atomic E-state index is 0.409. The monoisotopic (exact) mass is 277 g/mol. The Labute approximate surface area is 112 Å². The van der Waals surface area contributed by atoms with Crippen LogP contribution in [-0.2, 0) is 7.05 Å². The van der Waals surface area contributed by atoms with Crippen LogP contribution in [0.4, 0.5) is 0 Å². The second-order valence-corrected chi connectivity index (χ2v) is 4.94. The summed E-state index contributed by atoms with van der Waals surface area (Å²) in [6, 6.07) is 1.73. The van der Waals surface area contributed by atoms with Crippen LogP contribution in [0.15, 0.2) is 30.2 Å². The van der Waals surface area contributed by atoms with Crippen LogP contribution in [0.25, 0.3) is 22.0 Å². The maximum atomic E-state index is 6.03. The summed E-state index contributed by atoms with van der Waals surface area (Å²) in [5.74, 6) is 0.587. The van der Waals surface area contributed by atoms with Gasteiger partial charge in [0.2, 0.25) is 0 Å². The van der Waals surface area contributed by atoms with Crippen LogP contribution in [-0.4, -0.2) is 24.7 Å². The van der Waals surface area contributed by atoms with E-state index in [-0.39, 0.29) is 0 Å². The van der Waals surface area contributed by atoms with E-state index in [0.717, 1.165) is 16.1 Å². The van der Waals surface area contributed by atoms with E-state index in [0.29, 0.717) is 11.0 Å². The van der Waals surface area contributed by atoms with E-state index in [1.807, 2.05) is 13.2 Å². The van der Waals surface area contributed by atoms with Gasteiger partial charge in [-0.25, -0.2) is 9.97 Å².